The van der Waals surface area contributed by atoms with Gasteiger partial charge in [0.25, 0.3) is 0 Å². The third-order valence-corrected chi connectivity index (χ3v) is 5.31. The fraction of sp³-hybridized carbons (Fsp3) is 0.391. The molecular formula is C23H26O5. The minimum atomic E-state index is -1.27. The van der Waals surface area contributed by atoms with E-state index < -0.39 is 23.6 Å². The Kier molecular flexibility index (Phi) is 5.02. The summed E-state index contributed by atoms with van der Waals surface area (Å²) in [5.41, 5.74) is 0.269. The molecule has 2 aromatic rings. The number of hydrogen-bond acceptors (Lipinski definition) is 5. The molecule has 0 spiro atoms. The van der Waals surface area contributed by atoms with Crippen LogP contribution in [0.2, 0.25) is 0 Å². The second-order valence-corrected chi connectivity index (χ2v) is 7.84. The summed E-state index contributed by atoms with van der Waals surface area (Å²) < 4.78 is 17.5. The zero-order valence-electron chi connectivity index (χ0n) is 16.1. The lowest BCUT2D eigenvalue weighted by Crippen LogP contribution is -2.38. The van der Waals surface area contributed by atoms with E-state index in [9.17, 15) is 10.2 Å². The Bertz CT molecular complexity index is 791. The van der Waals surface area contributed by atoms with Crippen LogP contribution in [0, 0.1) is 0 Å². The summed E-state index contributed by atoms with van der Waals surface area (Å²) in [7, 11) is 0. The van der Waals surface area contributed by atoms with Crippen molar-refractivity contribution in [1.29, 1.82) is 0 Å². The number of aliphatic hydroxyl groups excluding tert-OH is 1. The van der Waals surface area contributed by atoms with Crippen LogP contribution in [0.1, 0.15) is 31.4 Å². The van der Waals surface area contributed by atoms with Gasteiger partial charge < -0.3 is 24.4 Å². The first kappa shape index (κ1) is 19.2. The highest BCUT2D eigenvalue weighted by atomic mass is 16.8. The molecule has 2 aromatic carbocycles. The molecule has 0 radical (unpaired) electrons. The molecule has 0 saturated carbocycles. The Morgan fingerprint density at radius 3 is 2.07 bits per heavy atom. The van der Waals surface area contributed by atoms with Gasteiger partial charge in [-0.15, -0.1) is 0 Å². The molecule has 0 unspecified atom stereocenters. The van der Waals surface area contributed by atoms with E-state index in [-0.39, 0.29) is 12.5 Å². The lowest BCUT2D eigenvalue weighted by molar-refractivity contribution is -0.157. The maximum Gasteiger partial charge on any atom is 0.163 e. The molecule has 2 aliphatic heterocycles. The molecule has 2 heterocycles. The third-order valence-electron chi connectivity index (χ3n) is 5.31. The molecule has 5 heteroatoms. The van der Waals surface area contributed by atoms with Crippen molar-refractivity contribution in [3.63, 3.8) is 0 Å². The lowest BCUT2D eigenvalue weighted by atomic mass is 9.83. The van der Waals surface area contributed by atoms with Crippen LogP contribution in [-0.2, 0) is 19.8 Å². The van der Waals surface area contributed by atoms with Crippen LogP contribution in [0.5, 0.6) is 0 Å². The van der Waals surface area contributed by atoms with Gasteiger partial charge in [-0.2, -0.15) is 0 Å². The van der Waals surface area contributed by atoms with Gasteiger partial charge in [0.1, 0.15) is 17.8 Å². The molecule has 4 rings (SSSR count). The van der Waals surface area contributed by atoms with E-state index in [1.807, 2.05) is 74.5 Å². The number of aliphatic hydroxyl groups is 2. The molecule has 148 valence electrons. The fourth-order valence-corrected chi connectivity index (χ4v) is 3.89. The lowest BCUT2D eigenvalue weighted by Gasteiger charge is -2.30. The van der Waals surface area contributed by atoms with Crippen LogP contribution in [0.15, 0.2) is 72.5 Å². The smallest absolute Gasteiger partial charge is 0.163 e. The van der Waals surface area contributed by atoms with E-state index in [2.05, 4.69) is 0 Å². The SMILES string of the molecule is CC1(C)OC[C@H]([C@H]2OC(CC(O)(c3ccccc3)c3ccccc3)=C[C@H]2O)O1. The van der Waals surface area contributed by atoms with Gasteiger partial charge in [-0.3, -0.25) is 0 Å². The van der Waals surface area contributed by atoms with E-state index in [0.29, 0.717) is 12.4 Å². The van der Waals surface area contributed by atoms with Gasteiger partial charge in [-0.25, -0.2) is 0 Å². The number of benzene rings is 2. The summed E-state index contributed by atoms with van der Waals surface area (Å²) in [5, 5.41) is 22.2. The molecule has 1 fully saturated rings. The quantitative estimate of drug-likeness (QED) is 0.832. The maximum atomic E-state index is 11.7. The molecule has 2 aliphatic rings. The Morgan fingerprint density at radius 1 is 1.00 bits per heavy atom. The van der Waals surface area contributed by atoms with Crippen LogP contribution in [-0.4, -0.2) is 40.9 Å². The van der Waals surface area contributed by atoms with Crippen LogP contribution in [0.25, 0.3) is 0 Å². The van der Waals surface area contributed by atoms with Crippen molar-refractivity contribution < 1.29 is 24.4 Å². The summed E-state index contributed by atoms with van der Waals surface area (Å²) in [6.45, 7) is 4.04. The summed E-state index contributed by atoms with van der Waals surface area (Å²) in [5.74, 6) is -0.147. The normalized spacial score (nSPS) is 26.7. The summed E-state index contributed by atoms with van der Waals surface area (Å²) >= 11 is 0. The van der Waals surface area contributed by atoms with E-state index in [1.165, 1.54) is 0 Å². The predicted octanol–water partition coefficient (Wildman–Crippen LogP) is 3.11. The first-order valence-electron chi connectivity index (χ1n) is 9.58. The van der Waals surface area contributed by atoms with Crippen molar-refractivity contribution in [1.82, 2.24) is 0 Å². The molecule has 28 heavy (non-hydrogen) atoms. The Balaban J connectivity index is 1.58. The average molecular weight is 382 g/mol. The molecule has 0 aromatic heterocycles. The molecule has 3 atom stereocenters. The third kappa shape index (κ3) is 3.71. The van der Waals surface area contributed by atoms with E-state index in [0.717, 1.165) is 11.1 Å². The topological polar surface area (TPSA) is 68.2 Å². The monoisotopic (exact) mass is 382 g/mol. The van der Waals surface area contributed by atoms with Crippen molar-refractivity contribution in [2.45, 2.75) is 50.0 Å². The van der Waals surface area contributed by atoms with Gasteiger partial charge in [0, 0.05) is 6.42 Å². The van der Waals surface area contributed by atoms with E-state index in [4.69, 9.17) is 14.2 Å². The maximum absolute atomic E-state index is 11.7. The van der Waals surface area contributed by atoms with E-state index >= 15 is 0 Å². The highest BCUT2D eigenvalue weighted by Crippen LogP contribution is 2.39. The highest BCUT2D eigenvalue weighted by molar-refractivity contribution is 5.37. The number of ether oxygens (including phenoxy) is 3. The standard InChI is InChI=1S/C23H26O5/c1-22(2)26-15-20(28-22)21-19(24)13-18(27-21)14-23(25,16-9-5-3-6-10-16)17-11-7-4-8-12-17/h3-13,19-21,24-25H,14-15H2,1-2H3/t19-,20-,21+/m1/s1. The van der Waals surface area contributed by atoms with Crippen molar-refractivity contribution >= 4 is 0 Å². The summed E-state index contributed by atoms with van der Waals surface area (Å²) in [4.78, 5) is 0. The van der Waals surface area contributed by atoms with Gasteiger partial charge in [0.15, 0.2) is 11.9 Å². The Labute approximate surface area is 165 Å². The molecule has 0 bridgehead atoms. The highest BCUT2D eigenvalue weighted by Gasteiger charge is 2.45. The average Bonchev–Trinajstić information content (AvgIpc) is 3.24. The molecule has 0 aliphatic carbocycles. The van der Waals surface area contributed by atoms with Gasteiger partial charge in [0.05, 0.1) is 12.4 Å². The number of hydrogen-bond donors (Lipinski definition) is 2. The largest absolute Gasteiger partial charge is 0.489 e. The first-order valence-corrected chi connectivity index (χ1v) is 9.58. The van der Waals surface area contributed by atoms with Gasteiger partial charge in [-0.05, 0) is 31.1 Å². The van der Waals surface area contributed by atoms with Crippen molar-refractivity contribution in [2.75, 3.05) is 6.61 Å². The van der Waals surface area contributed by atoms with Crippen LogP contribution < -0.4 is 0 Å². The molecule has 1 saturated heterocycles. The minimum Gasteiger partial charge on any atom is -0.489 e. The Hall–Kier alpha value is -2.18. The molecule has 0 amide bonds. The molecule has 5 nitrogen and oxygen atoms in total. The van der Waals surface area contributed by atoms with Crippen LogP contribution >= 0.6 is 0 Å². The Morgan fingerprint density at radius 2 is 1.57 bits per heavy atom. The minimum absolute atomic E-state index is 0.214. The van der Waals surface area contributed by atoms with Crippen molar-refractivity contribution in [2.24, 2.45) is 0 Å². The second kappa shape index (κ2) is 7.33. The first-order chi connectivity index (χ1) is 13.4. The van der Waals surface area contributed by atoms with Gasteiger partial charge in [0.2, 0.25) is 0 Å². The predicted molar refractivity (Wildman–Crippen MR) is 104 cm³/mol. The second-order valence-electron chi connectivity index (χ2n) is 7.84. The van der Waals surface area contributed by atoms with Crippen molar-refractivity contribution in [3.05, 3.63) is 83.6 Å². The molecule has 2 N–H and O–H groups in total. The van der Waals surface area contributed by atoms with Crippen molar-refractivity contribution in [3.8, 4) is 0 Å². The van der Waals surface area contributed by atoms with Gasteiger partial charge >= 0.3 is 0 Å². The van der Waals surface area contributed by atoms with Crippen LogP contribution in [0.4, 0.5) is 0 Å². The number of rotatable bonds is 5. The summed E-state index contributed by atoms with van der Waals surface area (Å²) in [6, 6.07) is 19.0. The molecular weight excluding hydrogens is 356 g/mol. The van der Waals surface area contributed by atoms with E-state index in [1.54, 1.807) is 6.08 Å². The fourth-order valence-electron chi connectivity index (χ4n) is 3.89. The zero-order valence-corrected chi connectivity index (χ0v) is 16.1. The van der Waals surface area contributed by atoms with Crippen LogP contribution in [0.3, 0.4) is 0 Å². The summed E-state index contributed by atoms with van der Waals surface area (Å²) in [6.07, 6.45) is 0.156. The zero-order chi connectivity index (χ0) is 19.8. The van der Waals surface area contributed by atoms with Gasteiger partial charge in [-0.1, -0.05) is 60.7 Å².